The Balaban J connectivity index is 1.67. The standard InChI is InChI=1S/C19H13F2N3O7/c1-9(17(26)22-13-7-10(20)5-6-12(13)21)31-15(25)8-23-18(27)11-3-2-4-14(24(29)30)16(11)19(23)28/h2-7,9H,8H2,1H3,(H,22,26). The third kappa shape index (κ3) is 4.22. The number of nitrogens with one attached hydrogen (secondary N) is 1. The van der Waals surface area contributed by atoms with E-state index in [9.17, 15) is 38.1 Å². The van der Waals surface area contributed by atoms with Gasteiger partial charge in [-0.3, -0.25) is 34.2 Å². The van der Waals surface area contributed by atoms with Gasteiger partial charge in [0.2, 0.25) is 0 Å². The Labute approximate surface area is 172 Å². The molecular formula is C19H13F2N3O7. The number of nitro groups is 1. The number of benzene rings is 2. The minimum absolute atomic E-state index is 0.237. The molecule has 1 aliphatic heterocycles. The molecule has 2 aromatic carbocycles. The van der Waals surface area contributed by atoms with Crippen LogP contribution in [-0.2, 0) is 14.3 Å². The Morgan fingerprint density at radius 2 is 1.90 bits per heavy atom. The van der Waals surface area contributed by atoms with Gasteiger partial charge in [-0.25, -0.2) is 8.78 Å². The third-order valence-corrected chi connectivity index (χ3v) is 4.32. The van der Waals surface area contributed by atoms with Crippen LogP contribution in [0.4, 0.5) is 20.2 Å². The van der Waals surface area contributed by atoms with Crippen LogP contribution in [0.5, 0.6) is 0 Å². The van der Waals surface area contributed by atoms with Crippen LogP contribution in [-0.4, -0.2) is 46.2 Å². The molecule has 3 rings (SSSR count). The molecule has 10 nitrogen and oxygen atoms in total. The van der Waals surface area contributed by atoms with Crippen molar-refractivity contribution < 1.29 is 37.6 Å². The monoisotopic (exact) mass is 433 g/mol. The van der Waals surface area contributed by atoms with Gasteiger partial charge in [0.05, 0.1) is 16.2 Å². The highest BCUT2D eigenvalue weighted by Crippen LogP contribution is 2.30. The number of anilines is 1. The smallest absolute Gasteiger partial charge is 0.326 e. The number of hydrogen-bond donors (Lipinski definition) is 1. The van der Waals surface area contributed by atoms with Gasteiger partial charge in [0.15, 0.2) is 6.10 Å². The first-order valence-corrected chi connectivity index (χ1v) is 8.69. The van der Waals surface area contributed by atoms with Crippen LogP contribution in [0.1, 0.15) is 27.6 Å². The summed E-state index contributed by atoms with van der Waals surface area (Å²) in [4.78, 5) is 59.7. The van der Waals surface area contributed by atoms with E-state index in [1.54, 1.807) is 0 Å². The second-order valence-electron chi connectivity index (χ2n) is 6.40. The number of hydrogen-bond acceptors (Lipinski definition) is 7. The number of nitrogens with zero attached hydrogens (tertiary/aromatic N) is 2. The van der Waals surface area contributed by atoms with Crippen LogP contribution in [0.3, 0.4) is 0 Å². The molecule has 0 fully saturated rings. The molecule has 31 heavy (non-hydrogen) atoms. The highest BCUT2D eigenvalue weighted by molar-refractivity contribution is 6.24. The number of imide groups is 1. The molecule has 1 N–H and O–H groups in total. The van der Waals surface area contributed by atoms with Gasteiger partial charge < -0.3 is 10.1 Å². The van der Waals surface area contributed by atoms with Crippen molar-refractivity contribution in [3.8, 4) is 0 Å². The number of rotatable bonds is 6. The molecule has 1 aliphatic rings. The molecule has 1 atom stereocenters. The van der Waals surface area contributed by atoms with E-state index < -0.39 is 69.8 Å². The number of carbonyl (C=O) groups is 4. The molecule has 0 aromatic heterocycles. The Morgan fingerprint density at radius 3 is 2.58 bits per heavy atom. The normalized spacial score (nSPS) is 13.6. The van der Waals surface area contributed by atoms with Crippen LogP contribution in [0, 0.1) is 21.7 Å². The molecule has 0 radical (unpaired) electrons. The van der Waals surface area contributed by atoms with Crippen molar-refractivity contribution in [1.82, 2.24) is 4.90 Å². The molecule has 0 bridgehead atoms. The quantitative estimate of drug-likeness (QED) is 0.319. The average molecular weight is 433 g/mol. The van der Waals surface area contributed by atoms with E-state index in [-0.39, 0.29) is 5.56 Å². The van der Waals surface area contributed by atoms with Crippen molar-refractivity contribution in [3.63, 3.8) is 0 Å². The fourth-order valence-electron chi connectivity index (χ4n) is 2.86. The zero-order chi connectivity index (χ0) is 22.9. The predicted molar refractivity (Wildman–Crippen MR) is 99.0 cm³/mol. The summed E-state index contributed by atoms with van der Waals surface area (Å²) in [6, 6.07) is 5.85. The van der Waals surface area contributed by atoms with Gasteiger partial charge in [0.25, 0.3) is 23.4 Å². The summed E-state index contributed by atoms with van der Waals surface area (Å²) in [5.74, 6) is -5.86. The second-order valence-corrected chi connectivity index (χ2v) is 6.40. The predicted octanol–water partition coefficient (Wildman–Crippen LogP) is 2.04. The van der Waals surface area contributed by atoms with Gasteiger partial charge in [0, 0.05) is 12.1 Å². The number of carbonyl (C=O) groups excluding carboxylic acids is 4. The van der Waals surface area contributed by atoms with Crippen molar-refractivity contribution in [2.45, 2.75) is 13.0 Å². The average Bonchev–Trinajstić information content (AvgIpc) is 2.95. The lowest BCUT2D eigenvalue weighted by Gasteiger charge is -2.17. The minimum Gasteiger partial charge on any atom is -0.451 e. The van der Waals surface area contributed by atoms with E-state index in [1.165, 1.54) is 12.1 Å². The highest BCUT2D eigenvalue weighted by atomic mass is 19.1. The first-order valence-electron chi connectivity index (χ1n) is 8.69. The molecule has 2 aromatic rings. The van der Waals surface area contributed by atoms with Crippen molar-refractivity contribution in [1.29, 1.82) is 0 Å². The molecule has 0 saturated heterocycles. The SMILES string of the molecule is CC(OC(=O)CN1C(=O)c2cccc([N+](=O)[O-])c2C1=O)C(=O)Nc1cc(F)ccc1F. The maximum absolute atomic E-state index is 13.6. The lowest BCUT2D eigenvalue weighted by molar-refractivity contribution is -0.385. The number of amides is 3. The Morgan fingerprint density at radius 1 is 1.19 bits per heavy atom. The topological polar surface area (TPSA) is 136 Å². The molecule has 160 valence electrons. The zero-order valence-electron chi connectivity index (χ0n) is 15.8. The van der Waals surface area contributed by atoms with E-state index in [1.807, 2.05) is 5.32 Å². The summed E-state index contributed by atoms with van der Waals surface area (Å²) >= 11 is 0. The lowest BCUT2D eigenvalue weighted by atomic mass is 10.1. The van der Waals surface area contributed by atoms with E-state index >= 15 is 0 Å². The molecule has 1 unspecified atom stereocenters. The van der Waals surface area contributed by atoms with E-state index in [2.05, 4.69) is 0 Å². The molecule has 12 heteroatoms. The summed E-state index contributed by atoms with van der Waals surface area (Å²) < 4.78 is 31.6. The summed E-state index contributed by atoms with van der Waals surface area (Å²) in [6.45, 7) is 0.229. The number of esters is 1. The zero-order valence-corrected chi connectivity index (χ0v) is 15.8. The van der Waals surface area contributed by atoms with Crippen LogP contribution in [0.15, 0.2) is 36.4 Å². The molecule has 1 heterocycles. The fraction of sp³-hybridized carbons (Fsp3) is 0.158. The van der Waals surface area contributed by atoms with Crippen LogP contribution in [0.2, 0.25) is 0 Å². The highest BCUT2D eigenvalue weighted by Gasteiger charge is 2.42. The molecule has 0 saturated carbocycles. The second kappa shape index (κ2) is 8.26. The number of fused-ring (bicyclic) bond motifs is 1. The Kier molecular flexibility index (Phi) is 5.72. The fourth-order valence-corrected chi connectivity index (χ4v) is 2.86. The largest absolute Gasteiger partial charge is 0.451 e. The Hall–Kier alpha value is -4.22. The van der Waals surface area contributed by atoms with Crippen molar-refractivity contribution >= 4 is 35.1 Å². The van der Waals surface area contributed by atoms with Gasteiger partial charge in [0.1, 0.15) is 23.7 Å². The first kappa shape index (κ1) is 21.5. The summed E-state index contributed by atoms with van der Waals surface area (Å²) in [5.41, 5.74) is -1.74. The van der Waals surface area contributed by atoms with E-state index in [4.69, 9.17) is 4.74 Å². The molecular weight excluding hydrogens is 420 g/mol. The van der Waals surface area contributed by atoms with Crippen LogP contribution in [0.25, 0.3) is 0 Å². The third-order valence-electron chi connectivity index (χ3n) is 4.32. The van der Waals surface area contributed by atoms with Crippen LogP contribution < -0.4 is 5.32 Å². The minimum atomic E-state index is -1.49. The molecule has 3 amide bonds. The number of nitro benzene ring substituents is 1. The van der Waals surface area contributed by atoms with E-state index in [0.29, 0.717) is 4.90 Å². The number of ether oxygens (including phenoxy) is 1. The summed E-state index contributed by atoms with van der Waals surface area (Å²) in [5, 5.41) is 13.1. The maximum Gasteiger partial charge on any atom is 0.326 e. The van der Waals surface area contributed by atoms with Gasteiger partial charge in [-0.15, -0.1) is 0 Å². The van der Waals surface area contributed by atoms with Gasteiger partial charge in [-0.2, -0.15) is 0 Å². The number of halogens is 2. The summed E-state index contributed by atoms with van der Waals surface area (Å²) in [7, 11) is 0. The van der Waals surface area contributed by atoms with Gasteiger partial charge in [-0.1, -0.05) is 6.07 Å². The lowest BCUT2D eigenvalue weighted by Crippen LogP contribution is -2.38. The van der Waals surface area contributed by atoms with Gasteiger partial charge >= 0.3 is 5.97 Å². The molecule has 0 spiro atoms. The Bertz CT molecular complexity index is 1140. The molecule has 0 aliphatic carbocycles. The maximum atomic E-state index is 13.6. The van der Waals surface area contributed by atoms with Crippen molar-refractivity contribution in [2.24, 2.45) is 0 Å². The van der Waals surface area contributed by atoms with Gasteiger partial charge in [-0.05, 0) is 25.1 Å². The first-order chi connectivity index (χ1) is 14.6. The summed E-state index contributed by atoms with van der Waals surface area (Å²) in [6.07, 6.45) is -1.49. The van der Waals surface area contributed by atoms with E-state index in [0.717, 1.165) is 31.2 Å². The van der Waals surface area contributed by atoms with Crippen LogP contribution >= 0.6 is 0 Å². The van der Waals surface area contributed by atoms with Crippen molar-refractivity contribution in [2.75, 3.05) is 11.9 Å². The van der Waals surface area contributed by atoms with Crippen molar-refractivity contribution in [3.05, 3.63) is 69.3 Å².